The highest BCUT2D eigenvalue weighted by Crippen LogP contribution is 2.35. The Morgan fingerprint density at radius 1 is 1.17 bits per heavy atom. The van der Waals surface area contributed by atoms with Crippen LogP contribution in [0.1, 0.15) is 12.8 Å². The van der Waals surface area contributed by atoms with Gasteiger partial charge in [0.2, 0.25) is 5.88 Å². The van der Waals surface area contributed by atoms with Gasteiger partial charge in [0.15, 0.2) is 0 Å². The first-order chi connectivity index (χ1) is 11.7. The van der Waals surface area contributed by atoms with E-state index in [1.54, 1.807) is 4.68 Å². The van der Waals surface area contributed by atoms with Crippen molar-refractivity contribution in [3.63, 3.8) is 0 Å². The van der Waals surface area contributed by atoms with E-state index in [-0.39, 0.29) is 5.88 Å². The first kappa shape index (κ1) is 15.6. The van der Waals surface area contributed by atoms with Crippen LogP contribution in [0.15, 0.2) is 36.5 Å². The summed E-state index contributed by atoms with van der Waals surface area (Å²) in [5, 5.41) is 4.30. The van der Waals surface area contributed by atoms with E-state index in [1.807, 2.05) is 36.5 Å². The number of halogens is 2. The third-order valence-electron chi connectivity index (χ3n) is 5.23. The van der Waals surface area contributed by atoms with E-state index in [0.29, 0.717) is 11.5 Å². The first-order valence-electron chi connectivity index (χ1n) is 8.49. The van der Waals surface area contributed by atoms with Crippen LogP contribution in [0.5, 0.6) is 5.88 Å². The number of ether oxygens (including phenoxy) is 1. The lowest BCUT2D eigenvalue weighted by molar-refractivity contribution is -0.0530. The van der Waals surface area contributed by atoms with Crippen molar-refractivity contribution in [1.82, 2.24) is 14.7 Å². The summed E-state index contributed by atoms with van der Waals surface area (Å²) >= 11 is 0. The molecule has 1 atom stereocenters. The Morgan fingerprint density at radius 3 is 2.54 bits per heavy atom. The molecule has 4 heterocycles. The van der Waals surface area contributed by atoms with E-state index < -0.39 is 6.61 Å². The molecule has 1 aromatic heterocycles. The van der Waals surface area contributed by atoms with Gasteiger partial charge in [0.1, 0.15) is 0 Å². The van der Waals surface area contributed by atoms with E-state index in [4.69, 9.17) is 0 Å². The minimum Gasteiger partial charge on any atom is -0.415 e. The maximum Gasteiger partial charge on any atom is 0.388 e. The molecule has 3 fully saturated rings. The van der Waals surface area contributed by atoms with E-state index in [0.717, 1.165) is 24.6 Å². The molecule has 0 amide bonds. The topological polar surface area (TPSA) is 30.3 Å². The molecule has 6 heteroatoms. The van der Waals surface area contributed by atoms with Crippen molar-refractivity contribution in [2.75, 3.05) is 19.6 Å². The van der Waals surface area contributed by atoms with Crippen molar-refractivity contribution in [2.24, 2.45) is 11.8 Å². The zero-order valence-electron chi connectivity index (χ0n) is 13.4. The van der Waals surface area contributed by atoms with Crippen LogP contribution in [-0.4, -0.2) is 40.9 Å². The van der Waals surface area contributed by atoms with Gasteiger partial charge in [-0.1, -0.05) is 30.3 Å². The van der Waals surface area contributed by atoms with Gasteiger partial charge in [0.05, 0.1) is 5.56 Å². The highest BCUT2D eigenvalue weighted by atomic mass is 19.3. The van der Waals surface area contributed by atoms with E-state index >= 15 is 0 Å². The molecule has 4 nitrogen and oxygen atoms in total. The summed E-state index contributed by atoms with van der Waals surface area (Å²) in [5.74, 6) is 1.27. The minimum atomic E-state index is -2.87. The number of fused-ring (bicyclic) bond motifs is 3. The lowest BCUT2D eigenvalue weighted by Gasteiger charge is -2.44. The van der Waals surface area contributed by atoms with Crippen molar-refractivity contribution in [3.8, 4) is 17.0 Å². The molecule has 0 saturated carbocycles. The third kappa shape index (κ3) is 3.15. The predicted molar refractivity (Wildman–Crippen MR) is 86.9 cm³/mol. The third-order valence-corrected chi connectivity index (χ3v) is 5.23. The normalized spacial score (nSPS) is 26.0. The summed E-state index contributed by atoms with van der Waals surface area (Å²) in [5.41, 5.74) is 1.46. The summed E-state index contributed by atoms with van der Waals surface area (Å²) in [7, 11) is 0. The molecule has 0 radical (unpaired) electrons. The van der Waals surface area contributed by atoms with Crippen LogP contribution in [0, 0.1) is 11.8 Å². The standard InChI is InChI=1S/C18H21F2N3O/c19-18(20)24-17-16(14-4-2-1-3-5-14)12-23(21-17)11-15-10-22-8-6-13(15)7-9-22/h1-5,12-13,15,18H,6-11H2. The van der Waals surface area contributed by atoms with Crippen LogP contribution in [0.3, 0.4) is 0 Å². The van der Waals surface area contributed by atoms with Gasteiger partial charge in [-0.15, -0.1) is 5.10 Å². The molecule has 24 heavy (non-hydrogen) atoms. The second kappa shape index (κ2) is 6.51. The molecule has 0 N–H and O–H groups in total. The number of hydrogen-bond acceptors (Lipinski definition) is 3. The molecule has 3 aliphatic heterocycles. The van der Waals surface area contributed by atoms with Gasteiger partial charge in [0.25, 0.3) is 0 Å². The maximum atomic E-state index is 12.7. The minimum absolute atomic E-state index is 0.0116. The van der Waals surface area contributed by atoms with Gasteiger partial charge in [-0.2, -0.15) is 8.78 Å². The van der Waals surface area contributed by atoms with Crippen LogP contribution in [0.4, 0.5) is 8.78 Å². The fraction of sp³-hybridized carbons (Fsp3) is 0.500. The maximum absolute atomic E-state index is 12.7. The molecule has 1 unspecified atom stereocenters. The lowest BCUT2D eigenvalue weighted by atomic mass is 9.79. The highest BCUT2D eigenvalue weighted by molar-refractivity contribution is 5.67. The average molecular weight is 333 g/mol. The number of piperidine rings is 3. The SMILES string of the molecule is FC(F)Oc1nn(CC2CN3CCC2CC3)cc1-c1ccccc1. The largest absolute Gasteiger partial charge is 0.415 e. The molecule has 128 valence electrons. The number of hydrogen-bond donors (Lipinski definition) is 0. The van der Waals surface area contributed by atoms with Crippen LogP contribution in [-0.2, 0) is 6.54 Å². The van der Waals surface area contributed by atoms with Crippen LogP contribution >= 0.6 is 0 Å². The average Bonchev–Trinajstić information content (AvgIpc) is 2.98. The summed E-state index contributed by atoms with van der Waals surface area (Å²) in [6.45, 7) is 1.35. The highest BCUT2D eigenvalue weighted by Gasteiger charge is 2.34. The lowest BCUT2D eigenvalue weighted by Crippen LogP contribution is -2.48. The Morgan fingerprint density at radius 2 is 1.92 bits per heavy atom. The Labute approximate surface area is 140 Å². The van der Waals surface area contributed by atoms with E-state index in [9.17, 15) is 8.78 Å². The predicted octanol–water partition coefficient (Wildman–Crippen LogP) is 3.49. The van der Waals surface area contributed by atoms with Crippen molar-refractivity contribution in [3.05, 3.63) is 36.5 Å². The molecule has 1 aromatic carbocycles. The summed E-state index contributed by atoms with van der Waals surface area (Å²) < 4.78 is 31.9. The molecule has 0 spiro atoms. The number of benzene rings is 1. The van der Waals surface area contributed by atoms with Crippen LogP contribution in [0.25, 0.3) is 11.1 Å². The molecule has 2 aromatic rings. The molecular weight excluding hydrogens is 312 g/mol. The fourth-order valence-corrected chi connectivity index (χ4v) is 4.02. The van der Waals surface area contributed by atoms with E-state index in [1.165, 1.54) is 25.9 Å². The van der Waals surface area contributed by atoms with Crippen molar-refractivity contribution < 1.29 is 13.5 Å². The number of rotatable bonds is 5. The Kier molecular flexibility index (Phi) is 4.22. The smallest absolute Gasteiger partial charge is 0.388 e. The van der Waals surface area contributed by atoms with Gasteiger partial charge < -0.3 is 9.64 Å². The summed E-state index contributed by atoms with van der Waals surface area (Å²) in [4.78, 5) is 2.49. The monoisotopic (exact) mass is 333 g/mol. The first-order valence-corrected chi connectivity index (χ1v) is 8.49. The molecule has 3 aliphatic rings. The molecule has 3 saturated heterocycles. The van der Waals surface area contributed by atoms with Gasteiger partial charge in [-0.05, 0) is 43.3 Å². The Hall–Kier alpha value is -1.95. The quantitative estimate of drug-likeness (QED) is 0.839. The summed E-state index contributed by atoms with van der Waals surface area (Å²) in [6.07, 6.45) is 4.31. The van der Waals surface area contributed by atoms with Crippen molar-refractivity contribution in [2.45, 2.75) is 26.0 Å². The molecule has 2 bridgehead atoms. The Balaban J connectivity index is 1.58. The molecular formula is C18H21F2N3O. The summed E-state index contributed by atoms with van der Waals surface area (Å²) in [6, 6.07) is 9.43. The van der Waals surface area contributed by atoms with Gasteiger partial charge >= 0.3 is 6.61 Å². The van der Waals surface area contributed by atoms with Crippen LogP contribution < -0.4 is 4.74 Å². The fourth-order valence-electron chi connectivity index (χ4n) is 4.02. The number of aromatic nitrogens is 2. The zero-order valence-corrected chi connectivity index (χ0v) is 13.4. The number of alkyl halides is 2. The van der Waals surface area contributed by atoms with Crippen molar-refractivity contribution in [1.29, 1.82) is 0 Å². The number of nitrogens with zero attached hydrogens (tertiary/aromatic N) is 3. The van der Waals surface area contributed by atoms with Crippen LogP contribution in [0.2, 0.25) is 0 Å². The second-order valence-electron chi connectivity index (χ2n) is 6.71. The van der Waals surface area contributed by atoms with E-state index in [2.05, 4.69) is 14.7 Å². The zero-order chi connectivity index (χ0) is 16.5. The van der Waals surface area contributed by atoms with Gasteiger partial charge in [0, 0.05) is 19.3 Å². The molecule has 0 aliphatic carbocycles. The Bertz CT molecular complexity index is 681. The van der Waals surface area contributed by atoms with Gasteiger partial charge in [-0.3, -0.25) is 4.68 Å². The van der Waals surface area contributed by atoms with Crippen molar-refractivity contribution >= 4 is 0 Å². The second-order valence-corrected chi connectivity index (χ2v) is 6.71. The molecule has 5 rings (SSSR count). The van der Waals surface area contributed by atoms with Gasteiger partial charge in [-0.25, -0.2) is 0 Å².